The zero-order chi connectivity index (χ0) is 26.5. The number of carbonyl (C=O) groups is 1. The van der Waals surface area contributed by atoms with Crippen LogP contribution in [0.5, 0.6) is 5.75 Å². The maximum Gasteiger partial charge on any atom is 0.349 e. The summed E-state index contributed by atoms with van der Waals surface area (Å²) in [6.45, 7) is 4.99. The zero-order valence-corrected chi connectivity index (χ0v) is 22.1. The minimum absolute atomic E-state index is 0.141. The Morgan fingerprint density at radius 2 is 1.86 bits per heavy atom. The van der Waals surface area contributed by atoms with Gasteiger partial charge in [0, 0.05) is 17.8 Å². The van der Waals surface area contributed by atoms with E-state index in [1.54, 1.807) is 47.8 Å². The van der Waals surface area contributed by atoms with Gasteiger partial charge in [0.15, 0.2) is 0 Å². The first kappa shape index (κ1) is 26.4. The number of aromatic nitrogens is 3. The molecule has 2 aromatic carbocycles. The Morgan fingerprint density at radius 3 is 2.49 bits per heavy atom. The summed E-state index contributed by atoms with van der Waals surface area (Å²) in [6, 6.07) is 18.3. The van der Waals surface area contributed by atoms with Crippen LogP contribution in [0.25, 0.3) is 5.52 Å². The normalized spacial score (nSPS) is 12.0. The zero-order valence-electron chi connectivity index (χ0n) is 21.4. The summed E-state index contributed by atoms with van der Waals surface area (Å²) in [5.41, 5.74) is 8.84. The smallest absolute Gasteiger partial charge is 0.349 e. The SMILES string of the molecule is CC[C@H](c1cc2c(Cl)c(C)nn2c(=O)n1Cc1ccccc1)N(CCCN)C(=O)c1ccc(OC)cc1. The Morgan fingerprint density at radius 1 is 1.16 bits per heavy atom. The standard InChI is InChI=1S/C28H32ClN5O3/c1-4-23(32(16-8-15-30)27(35)21-11-13-22(37-3)14-12-21)24-17-25-26(29)19(2)31-34(25)28(36)33(24)18-20-9-6-5-7-10-20/h5-7,9-14,17,23H,4,8,15-16,18,30H2,1-3H3/t23-/m1/s1. The van der Waals surface area contributed by atoms with E-state index in [4.69, 9.17) is 22.1 Å². The summed E-state index contributed by atoms with van der Waals surface area (Å²) >= 11 is 6.56. The van der Waals surface area contributed by atoms with Crippen molar-refractivity contribution in [3.8, 4) is 5.75 Å². The fourth-order valence-corrected chi connectivity index (χ4v) is 4.76. The highest BCUT2D eigenvalue weighted by atomic mass is 35.5. The second-order valence-electron chi connectivity index (χ2n) is 8.91. The first-order chi connectivity index (χ1) is 17.9. The van der Waals surface area contributed by atoms with Gasteiger partial charge in [0.1, 0.15) is 5.75 Å². The highest BCUT2D eigenvalue weighted by Crippen LogP contribution is 2.30. The Kier molecular flexibility index (Phi) is 8.31. The molecule has 1 amide bonds. The number of hydrogen-bond acceptors (Lipinski definition) is 5. The summed E-state index contributed by atoms with van der Waals surface area (Å²) in [7, 11) is 1.59. The maximum absolute atomic E-state index is 13.8. The number of carbonyl (C=O) groups excluding carboxylic acids is 1. The van der Waals surface area contributed by atoms with E-state index >= 15 is 0 Å². The predicted octanol–water partition coefficient (Wildman–Crippen LogP) is 4.46. The van der Waals surface area contributed by atoms with Crippen LogP contribution in [-0.2, 0) is 6.54 Å². The molecule has 9 heteroatoms. The monoisotopic (exact) mass is 521 g/mol. The summed E-state index contributed by atoms with van der Waals surface area (Å²) in [6.07, 6.45) is 1.21. The second-order valence-corrected chi connectivity index (χ2v) is 9.29. The molecule has 0 saturated carbocycles. The average molecular weight is 522 g/mol. The quantitative estimate of drug-likeness (QED) is 0.332. The van der Waals surface area contributed by atoms with Crippen molar-refractivity contribution in [2.45, 2.75) is 39.3 Å². The Balaban J connectivity index is 1.88. The predicted molar refractivity (Wildman–Crippen MR) is 145 cm³/mol. The largest absolute Gasteiger partial charge is 0.497 e. The van der Waals surface area contributed by atoms with Gasteiger partial charge in [0.05, 0.1) is 35.9 Å². The summed E-state index contributed by atoms with van der Waals surface area (Å²) in [5.74, 6) is 0.530. The maximum atomic E-state index is 13.8. The highest BCUT2D eigenvalue weighted by Gasteiger charge is 2.29. The van der Waals surface area contributed by atoms with Gasteiger partial charge in [-0.15, -0.1) is 0 Å². The fourth-order valence-electron chi connectivity index (χ4n) is 4.59. The molecule has 2 heterocycles. The summed E-state index contributed by atoms with van der Waals surface area (Å²) < 4.78 is 8.28. The molecule has 0 fully saturated rings. The van der Waals surface area contributed by atoms with Crippen molar-refractivity contribution in [3.63, 3.8) is 0 Å². The number of ether oxygens (including phenoxy) is 1. The van der Waals surface area contributed by atoms with Crippen LogP contribution < -0.4 is 16.2 Å². The van der Waals surface area contributed by atoms with E-state index in [9.17, 15) is 9.59 Å². The van der Waals surface area contributed by atoms with Crippen LogP contribution >= 0.6 is 11.6 Å². The molecule has 0 bridgehead atoms. The van der Waals surface area contributed by atoms with Crippen molar-refractivity contribution >= 4 is 23.0 Å². The number of nitrogens with zero attached hydrogens (tertiary/aromatic N) is 4. The lowest BCUT2D eigenvalue weighted by atomic mass is 10.0. The minimum atomic E-state index is -0.395. The van der Waals surface area contributed by atoms with Crippen molar-refractivity contribution in [1.82, 2.24) is 19.1 Å². The third-order valence-electron chi connectivity index (χ3n) is 6.52. The highest BCUT2D eigenvalue weighted by molar-refractivity contribution is 6.34. The van der Waals surface area contributed by atoms with Crippen molar-refractivity contribution in [3.05, 3.63) is 98.7 Å². The lowest BCUT2D eigenvalue weighted by Gasteiger charge is -2.33. The number of halogens is 1. The molecule has 1 atom stereocenters. The number of methoxy groups -OCH3 is 1. The Bertz CT molecular complexity index is 1430. The fraction of sp³-hybridized carbons (Fsp3) is 0.321. The topological polar surface area (TPSA) is 94.9 Å². The van der Waals surface area contributed by atoms with Crippen molar-refractivity contribution in [1.29, 1.82) is 0 Å². The van der Waals surface area contributed by atoms with Crippen LogP contribution in [0.4, 0.5) is 0 Å². The van der Waals surface area contributed by atoms with E-state index in [1.165, 1.54) is 4.52 Å². The van der Waals surface area contributed by atoms with Gasteiger partial charge < -0.3 is 15.4 Å². The average Bonchev–Trinajstić information content (AvgIpc) is 3.22. The third kappa shape index (κ3) is 5.40. The Hall–Kier alpha value is -3.62. The van der Waals surface area contributed by atoms with Gasteiger partial charge in [-0.05, 0) is 62.2 Å². The number of rotatable bonds is 10. The lowest BCUT2D eigenvalue weighted by molar-refractivity contribution is 0.0660. The molecule has 37 heavy (non-hydrogen) atoms. The van der Waals surface area contributed by atoms with Gasteiger partial charge in [-0.25, -0.2) is 4.79 Å². The minimum Gasteiger partial charge on any atom is -0.497 e. The van der Waals surface area contributed by atoms with Gasteiger partial charge in [0.2, 0.25) is 0 Å². The molecule has 0 spiro atoms. The molecule has 4 aromatic rings. The van der Waals surface area contributed by atoms with E-state index in [0.717, 1.165) is 5.56 Å². The molecule has 8 nitrogen and oxygen atoms in total. The molecule has 0 radical (unpaired) electrons. The van der Waals surface area contributed by atoms with Gasteiger partial charge >= 0.3 is 5.69 Å². The number of amides is 1. The second kappa shape index (κ2) is 11.6. The first-order valence-corrected chi connectivity index (χ1v) is 12.7. The number of benzene rings is 2. The summed E-state index contributed by atoms with van der Waals surface area (Å²) in [4.78, 5) is 29.4. The van der Waals surface area contributed by atoms with Crippen LogP contribution in [0.2, 0.25) is 5.02 Å². The molecule has 0 unspecified atom stereocenters. The van der Waals surface area contributed by atoms with Crippen LogP contribution in [0.1, 0.15) is 53.1 Å². The van der Waals surface area contributed by atoms with Gasteiger partial charge in [-0.2, -0.15) is 9.61 Å². The summed E-state index contributed by atoms with van der Waals surface area (Å²) in [5, 5.41) is 4.80. The molecule has 0 aliphatic heterocycles. The van der Waals surface area contributed by atoms with Crippen molar-refractivity contribution in [2.75, 3.05) is 20.2 Å². The van der Waals surface area contributed by atoms with Crippen molar-refractivity contribution in [2.24, 2.45) is 5.73 Å². The lowest BCUT2D eigenvalue weighted by Crippen LogP contribution is -2.40. The molecule has 4 rings (SSSR count). The van der Waals surface area contributed by atoms with Gasteiger partial charge in [0.25, 0.3) is 5.91 Å². The van der Waals surface area contributed by atoms with Crippen LogP contribution in [0, 0.1) is 6.92 Å². The number of fused-ring (bicyclic) bond motifs is 1. The molecular formula is C28H32ClN5O3. The number of hydrogen-bond donors (Lipinski definition) is 1. The molecule has 0 aliphatic rings. The Labute approximate surface area is 221 Å². The van der Waals surface area contributed by atoms with Crippen LogP contribution in [0.15, 0.2) is 65.5 Å². The molecule has 2 N–H and O–H groups in total. The van der Waals surface area contributed by atoms with E-state index in [2.05, 4.69) is 5.10 Å². The molecule has 0 aliphatic carbocycles. The molecule has 0 saturated heterocycles. The van der Waals surface area contributed by atoms with Gasteiger partial charge in [-0.1, -0.05) is 48.9 Å². The van der Waals surface area contributed by atoms with E-state index in [0.29, 0.717) is 65.7 Å². The van der Waals surface area contributed by atoms with Crippen molar-refractivity contribution < 1.29 is 9.53 Å². The third-order valence-corrected chi connectivity index (χ3v) is 6.99. The number of aryl methyl sites for hydroxylation is 1. The van der Waals surface area contributed by atoms with Crippen LogP contribution in [0.3, 0.4) is 0 Å². The molecular weight excluding hydrogens is 490 g/mol. The molecule has 194 valence electrons. The van der Waals surface area contributed by atoms with E-state index in [1.807, 2.05) is 43.3 Å². The molecule has 2 aromatic heterocycles. The first-order valence-electron chi connectivity index (χ1n) is 12.4. The van der Waals surface area contributed by atoms with Crippen LogP contribution in [-0.4, -0.2) is 45.2 Å². The number of nitrogens with two attached hydrogens (primary N) is 1. The van der Waals surface area contributed by atoms with E-state index in [-0.39, 0.29) is 11.6 Å². The van der Waals surface area contributed by atoms with E-state index < -0.39 is 6.04 Å². The van der Waals surface area contributed by atoms with Gasteiger partial charge in [-0.3, -0.25) is 9.36 Å².